The van der Waals surface area contributed by atoms with Crippen molar-refractivity contribution in [2.24, 2.45) is 0 Å². The minimum absolute atomic E-state index is 0.314. The molecule has 3 rings (SSSR count). The molecular formula is C17H20N2O3S. The first kappa shape index (κ1) is 15.8. The zero-order valence-electron chi connectivity index (χ0n) is 13.0. The van der Waals surface area contributed by atoms with E-state index in [9.17, 15) is 8.42 Å². The van der Waals surface area contributed by atoms with Gasteiger partial charge in [-0.05, 0) is 55.2 Å². The van der Waals surface area contributed by atoms with Crippen molar-refractivity contribution in [1.82, 2.24) is 4.98 Å². The lowest BCUT2D eigenvalue weighted by molar-refractivity contribution is 0.114. The van der Waals surface area contributed by atoms with Gasteiger partial charge in [-0.25, -0.2) is 13.4 Å². The second kappa shape index (κ2) is 6.58. The number of ether oxygens (including phenoxy) is 1. The number of aromatic nitrogens is 1. The maximum atomic E-state index is 11.4. The van der Waals surface area contributed by atoms with Gasteiger partial charge in [-0.3, -0.25) is 0 Å². The highest BCUT2D eigenvalue weighted by Crippen LogP contribution is 2.24. The zero-order chi connectivity index (χ0) is 16.3. The van der Waals surface area contributed by atoms with Crippen LogP contribution in [-0.4, -0.2) is 25.8 Å². The van der Waals surface area contributed by atoms with E-state index in [2.05, 4.69) is 10.3 Å². The fraction of sp³-hybridized carbons (Fsp3) is 0.353. The normalized spacial score (nSPS) is 15.0. The molecule has 5 nitrogen and oxygen atoms in total. The van der Waals surface area contributed by atoms with Crippen LogP contribution in [0, 0.1) is 0 Å². The summed E-state index contributed by atoms with van der Waals surface area (Å²) in [4.78, 5) is 4.56. The quantitative estimate of drug-likeness (QED) is 0.880. The Kier molecular flexibility index (Phi) is 4.52. The van der Waals surface area contributed by atoms with Crippen LogP contribution in [0.15, 0.2) is 47.5 Å². The van der Waals surface area contributed by atoms with E-state index in [0.29, 0.717) is 23.4 Å². The number of nitrogens with zero attached hydrogens (tertiary/aromatic N) is 1. The third-order valence-electron chi connectivity index (χ3n) is 3.92. The second-order valence-electron chi connectivity index (χ2n) is 5.82. The van der Waals surface area contributed by atoms with Crippen molar-refractivity contribution in [3.05, 3.63) is 48.2 Å². The molecule has 1 aromatic heterocycles. The highest BCUT2D eigenvalue weighted by molar-refractivity contribution is 7.90. The van der Waals surface area contributed by atoms with Gasteiger partial charge in [-0.15, -0.1) is 0 Å². The van der Waals surface area contributed by atoms with Crippen LogP contribution in [-0.2, 0) is 16.4 Å². The lowest BCUT2D eigenvalue weighted by Gasteiger charge is -2.25. The molecule has 0 saturated heterocycles. The number of nitrogens with one attached hydrogen (secondary N) is 1. The predicted molar refractivity (Wildman–Crippen MR) is 89.4 cm³/mol. The van der Waals surface area contributed by atoms with Gasteiger partial charge < -0.3 is 10.1 Å². The fourth-order valence-corrected chi connectivity index (χ4v) is 2.94. The summed E-state index contributed by atoms with van der Waals surface area (Å²) in [5.74, 6) is 0.668. The van der Waals surface area contributed by atoms with Crippen molar-refractivity contribution in [2.45, 2.75) is 36.8 Å². The van der Waals surface area contributed by atoms with Crippen LogP contribution < -0.4 is 10.1 Å². The fourth-order valence-electron chi connectivity index (χ4n) is 2.31. The van der Waals surface area contributed by atoms with Crippen molar-refractivity contribution in [1.29, 1.82) is 0 Å². The van der Waals surface area contributed by atoms with E-state index in [0.717, 1.165) is 24.1 Å². The predicted octanol–water partition coefficient (Wildman–Crippen LogP) is 3.03. The maximum absolute atomic E-state index is 11.4. The van der Waals surface area contributed by atoms with Crippen LogP contribution in [0.1, 0.15) is 24.8 Å². The van der Waals surface area contributed by atoms with Crippen molar-refractivity contribution >= 4 is 15.5 Å². The summed E-state index contributed by atoms with van der Waals surface area (Å²) in [7, 11) is -3.15. The summed E-state index contributed by atoms with van der Waals surface area (Å²) in [6.45, 7) is 0.627. The zero-order valence-corrected chi connectivity index (χ0v) is 13.8. The van der Waals surface area contributed by atoms with Gasteiger partial charge in [0, 0.05) is 30.8 Å². The Bertz CT molecular complexity index is 769. The minimum atomic E-state index is -3.15. The summed E-state index contributed by atoms with van der Waals surface area (Å²) in [6, 6.07) is 10.6. The molecule has 1 heterocycles. The van der Waals surface area contributed by atoms with Gasteiger partial charge in [0.2, 0.25) is 5.88 Å². The number of hydrogen-bond donors (Lipinski definition) is 1. The number of sulfone groups is 1. The molecule has 1 aliphatic carbocycles. The number of pyridine rings is 1. The number of benzene rings is 1. The number of anilines is 1. The first-order valence-electron chi connectivity index (χ1n) is 7.66. The Morgan fingerprint density at radius 2 is 1.96 bits per heavy atom. The van der Waals surface area contributed by atoms with Crippen LogP contribution in [0.3, 0.4) is 0 Å². The second-order valence-corrected chi connectivity index (χ2v) is 7.84. The van der Waals surface area contributed by atoms with Crippen molar-refractivity contribution in [2.75, 3.05) is 11.6 Å². The minimum Gasteiger partial charge on any atom is -0.474 e. The standard InChI is InChI=1S/C17H20N2O3S/c1-23(20,21)16-7-5-14(6-8-16)19-12-13-9-10-18-17(11-13)22-15-3-2-4-15/h5-11,15,19H,2-4,12H2,1H3. The molecule has 0 bridgehead atoms. The summed E-state index contributed by atoms with van der Waals surface area (Å²) in [5, 5.41) is 3.27. The average molecular weight is 332 g/mol. The van der Waals surface area contributed by atoms with E-state index in [1.165, 1.54) is 12.7 Å². The lowest BCUT2D eigenvalue weighted by Crippen LogP contribution is -2.25. The summed E-state index contributed by atoms with van der Waals surface area (Å²) in [6.07, 6.45) is 6.71. The van der Waals surface area contributed by atoms with Gasteiger partial charge in [0.25, 0.3) is 0 Å². The van der Waals surface area contributed by atoms with Crippen molar-refractivity contribution in [3.63, 3.8) is 0 Å². The Labute approximate surface area is 136 Å². The van der Waals surface area contributed by atoms with Crippen LogP contribution in [0.25, 0.3) is 0 Å². The summed E-state index contributed by atoms with van der Waals surface area (Å²) in [5.41, 5.74) is 1.94. The molecule has 0 spiro atoms. The molecule has 6 heteroatoms. The van der Waals surface area contributed by atoms with Gasteiger partial charge in [0.1, 0.15) is 6.10 Å². The SMILES string of the molecule is CS(=O)(=O)c1ccc(NCc2ccnc(OC3CCC3)c2)cc1. The Balaban J connectivity index is 1.60. The van der Waals surface area contributed by atoms with Gasteiger partial charge in [0.15, 0.2) is 9.84 Å². The number of rotatable bonds is 6. The molecule has 1 aliphatic rings. The molecule has 0 atom stereocenters. The van der Waals surface area contributed by atoms with E-state index < -0.39 is 9.84 Å². The molecule has 23 heavy (non-hydrogen) atoms. The molecule has 1 saturated carbocycles. The highest BCUT2D eigenvalue weighted by atomic mass is 32.2. The van der Waals surface area contributed by atoms with E-state index in [1.54, 1.807) is 30.5 Å². The van der Waals surface area contributed by atoms with E-state index in [-0.39, 0.29) is 0 Å². The summed E-state index contributed by atoms with van der Waals surface area (Å²) >= 11 is 0. The topological polar surface area (TPSA) is 68.3 Å². The van der Waals surface area contributed by atoms with Crippen molar-refractivity contribution in [3.8, 4) is 5.88 Å². The monoisotopic (exact) mass is 332 g/mol. The van der Waals surface area contributed by atoms with E-state index in [1.807, 2.05) is 12.1 Å². The third-order valence-corrected chi connectivity index (χ3v) is 5.05. The highest BCUT2D eigenvalue weighted by Gasteiger charge is 2.19. The third kappa shape index (κ3) is 4.22. The molecule has 0 radical (unpaired) electrons. The smallest absolute Gasteiger partial charge is 0.213 e. The van der Waals surface area contributed by atoms with Crippen LogP contribution in [0.5, 0.6) is 5.88 Å². The molecule has 1 N–H and O–H groups in total. The Morgan fingerprint density at radius 1 is 1.22 bits per heavy atom. The first-order chi connectivity index (χ1) is 11.0. The van der Waals surface area contributed by atoms with Crippen molar-refractivity contribution < 1.29 is 13.2 Å². The molecule has 0 unspecified atom stereocenters. The molecule has 122 valence electrons. The summed E-state index contributed by atoms with van der Waals surface area (Å²) < 4.78 is 28.7. The molecule has 2 aromatic rings. The Morgan fingerprint density at radius 3 is 2.57 bits per heavy atom. The molecule has 1 aromatic carbocycles. The van der Waals surface area contributed by atoms with E-state index >= 15 is 0 Å². The molecular weight excluding hydrogens is 312 g/mol. The van der Waals surface area contributed by atoms with Gasteiger partial charge >= 0.3 is 0 Å². The van der Waals surface area contributed by atoms with E-state index in [4.69, 9.17) is 4.74 Å². The van der Waals surface area contributed by atoms with Crippen LogP contribution in [0.2, 0.25) is 0 Å². The van der Waals surface area contributed by atoms with Crippen LogP contribution in [0.4, 0.5) is 5.69 Å². The average Bonchev–Trinajstić information content (AvgIpc) is 2.49. The molecule has 0 aliphatic heterocycles. The number of hydrogen-bond acceptors (Lipinski definition) is 5. The maximum Gasteiger partial charge on any atom is 0.213 e. The van der Waals surface area contributed by atoms with Gasteiger partial charge in [0.05, 0.1) is 4.90 Å². The van der Waals surface area contributed by atoms with Gasteiger partial charge in [-0.2, -0.15) is 0 Å². The molecule has 1 fully saturated rings. The van der Waals surface area contributed by atoms with Crippen LogP contribution >= 0.6 is 0 Å². The first-order valence-corrected chi connectivity index (χ1v) is 9.55. The lowest BCUT2D eigenvalue weighted by atomic mass is 9.96. The molecule has 0 amide bonds. The Hall–Kier alpha value is -2.08. The largest absolute Gasteiger partial charge is 0.474 e. The van der Waals surface area contributed by atoms with Gasteiger partial charge in [-0.1, -0.05) is 0 Å².